The first-order valence-electron chi connectivity index (χ1n) is 3.16. The van der Waals surface area contributed by atoms with Crippen LogP contribution >= 0.6 is 8.46 Å². The maximum absolute atomic E-state index is 10.5. The fourth-order valence-electron chi connectivity index (χ4n) is 1.26. The molecule has 0 amide bonds. The first-order valence-corrected chi connectivity index (χ1v) is 4.07. The van der Waals surface area contributed by atoms with Crippen molar-refractivity contribution in [2.75, 3.05) is 0 Å². The molecule has 1 rings (SSSR count). The average Bonchev–Trinajstić information content (AvgIpc) is 2.17. The molecule has 1 atom stereocenters. The molecule has 0 aromatic rings. The molecule has 0 bridgehead atoms. The minimum Gasteiger partial charge on any atom is -0.0768 e. The van der Waals surface area contributed by atoms with Gasteiger partial charge in [0.2, 0.25) is 0 Å². The van der Waals surface area contributed by atoms with Crippen LogP contribution in [0.4, 0.5) is 0 Å². The first-order chi connectivity index (χ1) is 3.77. The second kappa shape index (κ2) is 2.14. The van der Waals surface area contributed by atoms with Crippen molar-refractivity contribution in [3.05, 3.63) is 0 Å². The molecular weight excluding hydrogens is 119 g/mol. The van der Waals surface area contributed by atoms with E-state index < -0.39 is 0 Å². The van der Waals surface area contributed by atoms with Crippen LogP contribution < -0.4 is 0 Å². The van der Waals surface area contributed by atoms with Gasteiger partial charge >= 0.3 is 8.46 Å². The highest BCUT2D eigenvalue weighted by Crippen LogP contribution is 2.39. The van der Waals surface area contributed by atoms with Crippen molar-refractivity contribution < 1.29 is 4.57 Å². The predicted octanol–water partition coefficient (Wildman–Crippen LogP) is 2.34. The summed E-state index contributed by atoms with van der Waals surface area (Å²) in [6.45, 7) is 2.12. The standard InChI is InChI=1S/C6H11OP/c1-6(8-7)4-2-3-5-6/h2-5H2,1H3/p+1. The largest absolute Gasteiger partial charge is 0.330 e. The van der Waals surface area contributed by atoms with Gasteiger partial charge < -0.3 is 0 Å². The maximum Gasteiger partial charge on any atom is 0.330 e. The molecule has 46 valence electrons. The van der Waals surface area contributed by atoms with E-state index in [4.69, 9.17) is 0 Å². The van der Waals surface area contributed by atoms with Crippen LogP contribution in [-0.4, -0.2) is 5.16 Å². The molecule has 0 spiro atoms. The molecule has 1 unspecified atom stereocenters. The van der Waals surface area contributed by atoms with Crippen LogP contribution in [0, 0.1) is 0 Å². The van der Waals surface area contributed by atoms with Crippen LogP contribution in [0.2, 0.25) is 0 Å². The predicted molar refractivity (Wildman–Crippen MR) is 35.9 cm³/mol. The molecule has 1 aliphatic carbocycles. The van der Waals surface area contributed by atoms with Crippen molar-refractivity contribution in [1.29, 1.82) is 0 Å². The monoisotopic (exact) mass is 131 g/mol. The first kappa shape index (κ1) is 6.22. The lowest BCUT2D eigenvalue weighted by atomic mass is 10.1. The molecule has 0 N–H and O–H groups in total. The molecule has 0 radical (unpaired) electrons. The Balaban J connectivity index is 2.52. The van der Waals surface area contributed by atoms with Gasteiger partial charge in [-0.2, -0.15) is 0 Å². The van der Waals surface area contributed by atoms with Gasteiger partial charge in [-0.3, -0.25) is 0 Å². The minimum atomic E-state index is -0.0856. The molecule has 1 saturated carbocycles. The molecule has 0 saturated heterocycles. The normalized spacial score (nSPS) is 26.6. The van der Waals surface area contributed by atoms with Crippen molar-refractivity contribution in [3.63, 3.8) is 0 Å². The average molecular weight is 131 g/mol. The third-order valence-electron chi connectivity index (χ3n) is 1.95. The Bertz CT molecular complexity index is 94.7. The third-order valence-corrected chi connectivity index (χ3v) is 2.95. The van der Waals surface area contributed by atoms with Gasteiger partial charge in [-0.1, -0.05) is 4.57 Å². The van der Waals surface area contributed by atoms with E-state index in [1.54, 1.807) is 0 Å². The lowest BCUT2D eigenvalue weighted by molar-refractivity contribution is 0.559. The van der Waals surface area contributed by atoms with E-state index >= 15 is 0 Å². The zero-order chi connectivity index (χ0) is 6.04. The van der Waals surface area contributed by atoms with E-state index in [9.17, 15) is 4.57 Å². The summed E-state index contributed by atoms with van der Waals surface area (Å²) in [6, 6.07) is 0. The van der Waals surface area contributed by atoms with E-state index in [2.05, 4.69) is 6.92 Å². The summed E-state index contributed by atoms with van der Waals surface area (Å²) in [7, 11) is -0.0856. The molecule has 1 fully saturated rings. The van der Waals surface area contributed by atoms with E-state index in [0.717, 1.165) is 0 Å². The topological polar surface area (TPSA) is 17.1 Å². The zero-order valence-electron chi connectivity index (χ0n) is 5.24. The molecule has 0 heterocycles. The van der Waals surface area contributed by atoms with E-state index in [1.807, 2.05) is 0 Å². The van der Waals surface area contributed by atoms with Gasteiger partial charge in [0, 0.05) is 0 Å². The highest BCUT2D eigenvalue weighted by molar-refractivity contribution is 7.26. The highest BCUT2D eigenvalue weighted by atomic mass is 31.1. The highest BCUT2D eigenvalue weighted by Gasteiger charge is 2.36. The van der Waals surface area contributed by atoms with Gasteiger partial charge in [0.25, 0.3) is 0 Å². The van der Waals surface area contributed by atoms with Gasteiger partial charge in [-0.05, 0) is 32.6 Å². The molecule has 1 nitrogen and oxygen atoms in total. The Kier molecular flexibility index (Phi) is 1.67. The SMILES string of the molecule is CC1([PH+]=O)CCCC1. The third kappa shape index (κ3) is 1.08. The van der Waals surface area contributed by atoms with Gasteiger partial charge in [-0.25, -0.2) is 0 Å². The quantitative estimate of drug-likeness (QED) is 0.499. The van der Waals surface area contributed by atoms with Crippen molar-refractivity contribution in [2.45, 2.75) is 37.8 Å². The van der Waals surface area contributed by atoms with E-state index in [0.29, 0.717) is 0 Å². The lowest BCUT2D eigenvalue weighted by Crippen LogP contribution is -2.07. The lowest BCUT2D eigenvalue weighted by Gasteiger charge is -2.01. The number of hydrogen-bond acceptors (Lipinski definition) is 1. The smallest absolute Gasteiger partial charge is 0.0768 e. The van der Waals surface area contributed by atoms with Crippen LogP contribution in [0.3, 0.4) is 0 Å². The maximum atomic E-state index is 10.5. The second-order valence-corrected chi connectivity index (χ2v) is 4.28. The van der Waals surface area contributed by atoms with Crippen molar-refractivity contribution in [1.82, 2.24) is 0 Å². The van der Waals surface area contributed by atoms with E-state index in [-0.39, 0.29) is 13.6 Å². The minimum absolute atomic E-state index is 0.0856. The fourth-order valence-corrected chi connectivity index (χ4v) is 1.82. The Morgan fingerprint density at radius 3 is 2.12 bits per heavy atom. The van der Waals surface area contributed by atoms with Crippen molar-refractivity contribution in [3.8, 4) is 0 Å². The summed E-state index contributed by atoms with van der Waals surface area (Å²) in [5, 5.41) is 0.208. The molecule has 0 aliphatic heterocycles. The van der Waals surface area contributed by atoms with Crippen LogP contribution in [0.25, 0.3) is 0 Å². The summed E-state index contributed by atoms with van der Waals surface area (Å²) < 4.78 is 10.5. The summed E-state index contributed by atoms with van der Waals surface area (Å²) in [4.78, 5) is 0. The molecule has 0 aromatic heterocycles. The van der Waals surface area contributed by atoms with Crippen LogP contribution in [0.15, 0.2) is 0 Å². The molecular formula is C6H12OP+. The van der Waals surface area contributed by atoms with Crippen LogP contribution in [0.1, 0.15) is 32.6 Å². The van der Waals surface area contributed by atoms with Gasteiger partial charge in [-0.15, -0.1) is 0 Å². The van der Waals surface area contributed by atoms with Crippen LogP contribution in [-0.2, 0) is 4.57 Å². The molecule has 1 aliphatic rings. The fraction of sp³-hybridized carbons (Fsp3) is 1.00. The van der Waals surface area contributed by atoms with Gasteiger partial charge in [0.15, 0.2) is 5.16 Å². The van der Waals surface area contributed by atoms with Gasteiger partial charge in [0.05, 0.1) is 0 Å². The number of rotatable bonds is 1. The Hall–Kier alpha value is 0.100. The summed E-state index contributed by atoms with van der Waals surface area (Å²) in [5.41, 5.74) is 0. The summed E-state index contributed by atoms with van der Waals surface area (Å²) in [5.74, 6) is 0. The van der Waals surface area contributed by atoms with Crippen LogP contribution in [0.5, 0.6) is 0 Å². The van der Waals surface area contributed by atoms with Crippen molar-refractivity contribution in [2.24, 2.45) is 0 Å². The Morgan fingerprint density at radius 1 is 1.38 bits per heavy atom. The molecule has 2 heteroatoms. The molecule has 8 heavy (non-hydrogen) atoms. The Morgan fingerprint density at radius 2 is 1.88 bits per heavy atom. The molecule has 0 aromatic carbocycles. The Labute approximate surface area is 51.7 Å². The van der Waals surface area contributed by atoms with E-state index in [1.165, 1.54) is 25.7 Å². The zero-order valence-corrected chi connectivity index (χ0v) is 6.24. The summed E-state index contributed by atoms with van der Waals surface area (Å²) >= 11 is 0. The number of hydrogen-bond donors (Lipinski definition) is 0. The van der Waals surface area contributed by atoms with Gasteiger partial charge in [0.1, 0.15) is 0 Å². The summed E-state index contributed by atoms with van der Waals surface area (Å²) in [6.07, 6.45) is 4.92. The van der Waals surface area contributed by atoms with Crippen molar-refractivity contribution >= 4 is 8.46 Å². The second-order valence-electron chi connectivity index (χ2n) is 2.87.